The van der Waals surface area contributed by atoms with Crippen molar-refractivity contribution in [3.05, 3.63) is 103 Å². The molecule has 162 valence electrons. The molecule has 0 saturated heterocycles. The average Bonchev–Trinajstić information content (AvgIpc) is 2.80. The topological polar surface area (TPSA) is 42.7 Å². The highest BCUT2D eigenvalue weighted by atomic mass is 35.5. The minimum Gasteiger partial charge on any atom is -0.471 e. The number of nitrogens with zero attached hydrogens (tertiary/aromatic N) is 1. The van der Waals surface area contributed by atoms with Crippen molar-refractivity contribution in [2.24, 2.45) is 0 Å². The van der Waals surface area contributed by atoms with E-state index in [9.17, 15) is 4.79 Å². The van der Waals surface area contributed by atoms with Crippen LogP contribution < -0.4 is 15.3 Å². The van der Waals surface area contributed by atoms with Gasteiger partial charge in [-0.25, -0.2) is 4.79 Å². The summed E-state index contributed by atoms with van der Waals surface area (Å²) < 4.78 is 12.0. The lowest BCUT2D eigenvalue weighted by Crippen LogP contribution is -2.33. The Morgan fingerprint density at radius 1 is 1.03 bits per heavy atom. The summed E-state index contributed by atoms with van der Waals surface area (Å²) in [6.45, 7) is 7.06. The second-order valence-electron chi connectivity index (χ2n) is 8.46. The maximum Gasteiger partial charge on any atom is 0.340 e. The molecule has 5 rings (SSSR count). The number of hydrogen-bond acceptors (Lipinski definition) is 4. The van der Waals surface area contributed by atoms with E-state index in [0.717, 1.165) is 33.3 Å². The summed E-state index contributed by atoms with van der Waals surface area (Å²) in [7, 11) is 0. The molecule has 4 aromatic rings. The zero-order valence-corrected chi connectivity index (χ0v) is 19.1. The van der Waals surface area contributed by atoms with Crippen LogP contribution >= 0.6 is 11.6 Å². The van der Waals surface area contributed by atoms with Crippen molar-refractivity contribution in [2.75, 3.05) is 11.6 Å². The third kappa shape index (κ3) is 3.55. The van der Waals surface area contributed by atoms with E-state index in [1.807, 2.05) is 43.3 Å². The molecule has 1 aliphatic rings. The Morgan fingerprint density at radius 2 is 1.81 bits per heavy atom. The highest BCUT2D eigenvalue weighted by Crippen LogP contribution is 2.41. The highest BCUT2D eigenvalue weighted by molar-refractivity contribution is 6.33. The van der Waals surface area contributed by atoms with Crippen LogP contribution in [0, 0.1) is 20.8 Å². The third-order valence-corrected chi connectivity index (χ3v) is 6.50. The number of aryl methyl sites for hydroxylation is 3. The van der Waals surface area contributed by atoms with Crippen molar-refractivity contribution in [3.8, 4) is 5.75 Å². The summed E-state index contributed by atoms with van der Waals surface area (Å²) >= 11 is 6.63. The standard InChI is InChI=1S/C27H24ClNO3/c1-16-9-10-17(2)24(11-16)29-14-22-25-20(13-23(28)26(22)31-15-29)18(3)21(27(30)32-25)12-19-7-5-4-6-8-19/h4-11,13H,12,14-15H2,1-3H3. The molecule has 0 spiro atoms. The first-order chi connectivity index (χ1) is 15.4. The summed E-state index contributed by atoms with van der Waals surface area (Å²) in [5.74, 6) is 0.596. The van der Waals surface area contributed by atoms with Gasteiger partial charge in [0, 0.05) is 23.1 Å². The molecule has 4 nitrogen and oxygen atoms in total. The molecule has 0 unspecified atom stereocenters. The molecule has 0 atom stereocenters. The van der Waals surface area contributed by atoms with Gasteiger partial charge >= 0.3 is 5.63 Å². The first-order valence-corrected chi connectivity index (χ1v) is 11.1. The zero-order chi connectivity index (χ0) is 22.4. The molecule has 0 aliphatic carbocycles. The van der Waals surface area contributed by atoms with E-state index in [1.165, 1.54) is 5.56 Å². The van der Waals surface area contributed by atoms with Gasteiger partial charge in [-0.15, -0.1) is 0 Å². The van der Waals surface area contributed by atoms with Gasteiger partial charge in [0.25, 0.3) is 0 Å². The minimum absolute atomic E-state index is 0.313. The monoisotopic (exact) mass is 445 g/mol. The molecule has 0 saturated carbocycles. The summed E-state index contributed by atoms with van der Waals surface area (Å²) in [6, 6.07) is 18.1. The van der Waals surface area contributed by atoms with E-state index in [2.05, 4.69) is 36.9 Å². The lowest BCUT2D eigenvalue weighted by Gasteiger charge is -2.32. The average molecular weight is 446 g/mol. The van der Waals surface area contributed by atoms with Gasteiger partial charge in [0.2, 0.25) is 0 Å². The zero-order valence-electron chi connectivity index (χ0n) is 18.4. The van der Waals surface area contributed by atoms with E-state index in [1.54, 1.807) is 0 Å². The fourth-order valence-electron chi connectivity index (χ4n) is 4.43. The van der Waals surface area contributed by atoms with Crippen molar-refractivity contribution in [3.63, 3.8) is 0 Å². The van der Waals surface area contributed by atoms with Crippen LogP contribution in [0.25, 0.3) is 11.0 Å². The fourth-order valence-corrected chi connectivity index (χ4v) is 4.71. The fraction of sp³-hybridized carbons (Fsp3) is 0.222. The molecule has 5 heteroatoms. The van der Waals surface area contributed by atoms with Gasteiger partial charge in [-0.1, -0.05) is 54.1 Å². The van der Waals surface area contributed by atoms with Gasteiger partial charge in [-0.3, -0.25) is 0 Å². The van der Waals surface area contributed by atoms with Gasteiger partial charge < -0.3 is 14.1 Å². The smallest absolute Gasteiger partial charge is 0.340 e. The number of halogens is 1. The Hall–Kier alpha value is -3.24. The van der Waals surface area contributed by atoms with Crippen LogP contribution in [0.5, 0.6) is 5.75 Å². The Labute approximate surface area is 192 Å². The van der Waals surface area contributed by atoms with Crippen molar-refractivity contribution in [1.29, 1.82) is 0 Å². The maximum absolute atomic E-state index is 13.0. The SMILES string of the molecule is Cc1ccc(C)c(N2COc3c(Cl)cc4c(C)c(Cc5ccccc5)c(=O)oc4c3C2)c1. The molecule has 0 amide bonds. The number of rotatable bonds is 3. The van der Waals surface area contributed by atoms with E-state index in [0.29, 0.717) is 41.6 Å². The lowest BCUT2D eigenvalue weighted by atomic mass is 9.97. The first kappa shape index (κ1) is 20.7. The largest absolute Gasteiger partial charge is 0.471 e. The van der Waals surface area contributed by atoms with Crippen molar-refractivity contribution in [2.45, 2.75) is 33.7 Å². The van der Waals surface area contributed by atoms with Crippen LogP contribution in [0.3, 0.4) is 0 Å². The number of ether oxygens (including phenoxy) is 1. The number of fused-ring (bicyclic) bond motifs is 3. The first-order valence-electron chi connectivity index (χ1n) is 10.7. The lowest BCUT2D eigenvalue weighted by molar-refractivity contribution is 0.289. The Morgan fingerprint density at radius 3 is 2.59 bits per heavy atom. The molecular weight excluding hydrogens is 422 g/mol. The Bertz CT molecular complexity index is 1390. The molecular formula is C27H24ClNO3. The summed E-state index contributed by atoms with van der Waals surface area (Å²) in [6.07, 6.45) is 0.519. The second kappa shape index (κ2) is 8.03. The predicted molar refractivity (Wildman–Crippen MR) is 129 cm³/mol. The van der Waals surface area contributed by atoms with Crippen LogP contribution in [0.15, 0.2) is 63.8 Å². The van der Waals surface area contributed by atoms with E-state index in [-0.39, 0.29) is 5.63 Å². The number of benzene rings is 3. The number of anilines is 1. The van der Waals surface area contributed by atoms with Gasteiger partial charge in [0.15, 0.2) is 6.73 Å². The molecule has 2 heterocycles. The van der Waals surface area contributed by atoms with E-state index >= 15 is 0 Å². The Balaban J connectivity index is 1.63. The van der Waals surface area contributed by atoms with Gasteiger partial charge in [-0.2, -0.15) is 0 Å². The number of hydrogen-bond donors (Lipinski definition) is 0. The summed E-state index contributed by atoms with van der Waals surface area (Å²) in [5, 5.41) is 1.39. The third-order valence-electron chi connectivity index (χ3n) is 6.22. The van der Waals surface area contributed by atoms with Crippen molar-refractivity contribution < 1.29 is 9.15 Å². The molecule has 3 aromatic carbocycles. The summed E-state index contributed by atoms with van der Waals surface area (Å²) in [4.78, 5) is 15.2. The van der Waals surface area contributed by atoms with Gasteiger partial charge in [-0.05, 0) is 55.2 Å². The second-order valence-corrected chi connectivity index (χ2v) is 8.87. The quantitative estimate of drug-likeness (QED) is 0.346. The van der Waals surface area contributed by atoms with Gasteiger partial charge in [0.1, 0.15) is 11.3 Å². The normalized spacial score (nSPS) is 13.2. The van der Waals surface area contributed by atoms with Crippen LogP contribution in [-0.2, 0) is 13.0 Å². The van der Waals surface area contributed by atoms with E-state index in [4.69, 9.17) is 20.8 Å². The molecule has 0 N–H and O–H groups in total. The highest BCUT2D eigenvalue weighted by Gasteiger charge is 2.27. The molecule has 1 aromatic heterocycles. The Kier molecular flexibility index (Phi) is 5.18. The molecule has 0 bridgehead atoms. The molecule has 0 radical (unpaired) electrons. The van der Waals surface area contributed by atoms with Crippen molar-refractivity contribution >= 4 is 28.3 Å². The van der Waals surface area contributed by atoms with Crippen LogP contribution in [-0.4, -0.2) is 6.73 Å². The van der Waals surface area contributed by atoms with Gasteiger partial charge in [0.05, 0.1) is 17.1 Å². The van der Waals surface area contributed by atoms with Crippen LogP contribution in [0.4, 0.5) is 5.69 Å². The van der Waals surface area contributed by atoms with Crippen LogP contribution in [0.1, 0.15) is 33.4 Å². The summed E-state index contributed by atoms with van der Waals surface area (Å²) in [5.41, 5.74) is 7.12. The minimum atomic E-state index is -0.313. The van der Waals surface area contributed by atoms with E-state index < -0.39 is 0 Å². The molecule has 1 aliphatic heterocycles. The molecule has 32 heavy (non-hydrogen) atoms. The molecule has 0 fully saturated rings. The maximum atomic E-state index is 13.0. The van der Waals surface area contributed by atoms with Crippen LogP contribution in [0.2, 0.25) is 5.02 Å². The van der Waals surface area contributed by atoms with Crippen molar-refractivity contribution in [1.82, 2.24) is 0 Å². The predicted octanol–water partition coefficient (Wildman–Crippen LogP) is 6.32.